The quantitative estimate of drug-likeness (QED) is 0.848. The molecule has 1 aliphatic carbocycles. The Morgan fingerprint density at radius 1 is 1.29 bits per heavy atom. The Bertz CT molecular complexity index is 462. The van der Waals surface area contributed by atoms with Gasteiger partial charge in [-0.15, -0.1) is 11.8 Å². The number of halogens is 1. The molecule has 1 N–H and O–H groups in total. The van der Waals surface area contributed by atoms with E-state index in [1.807, 2.05) is 24.3 Å². The molecule has 3 unspecified atom stereocenters. The van der Waals surface area contributed by atoms with Crippen molar-refractivity contribution in [2.75, 3.05) is 0 Å². The molecule has 1 saturated carbocycles. The van der Waals surface area contributed by atoms with Crippen molar-refractivity contribution in [3.8, 4) is 0 Å². The van der Waals surface area contributed by atoms with Crippen LogP contribution in [-0.2, 0) is 0 Å². The summed E-state index contributed by atoms with van der Waals surface area (Å²) in [4.78, 5) is 4.76. The van der Waals surface area contributed by atoms with Gasteiger partial charge < -0.3 is 5.11 Å². The summed E-state index contributed by atoms with van der Waals surface area (Å²) in [5.74, 6) is 0. The van der Waals surface area contributed by atoms with Crippen molar-refractivity contribution in [3.63, 3.8) is 0 Å². The summed E-state index contributed by atoms with van der Waals surface area (Å²) in [7, 11) is 0. The van der Waals surface area contributed by atoms with E-state index < -0.39 is 0 Å². The van der Waals surface area contributed by atoms with Crippen LogP contribution in [0.15, 0.2) is 29.3 Å². The molecule has 2 nitrogen and oxygen atoms in total. The second-order valence-corrected chi connectivity index (χ2v) is 6.24. The largest absolute Gasteiger partial charge is 0.393 e. The Balaban J connectivity index is 1.85. The number of rotatable bonds is 1. The molecule has 3 atom stereocenters. The Kier molecular flexibility index (Phi) is 3.16. The predicted octanol–water partition coefficient (Wildman–Crippen LogP) is 3.12. The average Bonchev–Trinajstić information content (AvgIpc) is 2.72. The Morgan fingerprint density at radius 3 is 2.94 bits per heavy atom. The molecule has 2 aliphatic rings. The first-order valence-electron chi connectivity index (χ1n) is 5.91. The van der Waals surface area contributed by atoms with Crippen LogP contribution in [-0.4, -0.2) is 27.5 Å². The van der Waals surface area contributed by atoms with Crippen molar-refractivity contribution < 1.29 is 5.11 Å². The maximum atomic E-state index is 9.68. The predicted molar refractivity (Wildman–Crippen MR) is 73.0 cm³/mol. The summed E-state index contributed by atoms with van der Waals surface area (Å²) in [6.07, 6.45) is 2.57. The number of hydrogen-bond donors (Lipinski definition) is 1. The van der Waals surface area contributed by atoms with E-state index in [9.17, 15) is 5.11 Å². The first kappa shape index (κ1) is 11.6. The van der Waals surface area contributed by atoms with Crippen LogP contribution in [0.5, 0.6) is 0 Å². The fraction of sp³-hybridized carbons (Fsp3) is 0.462. The second-order valence-electron chi connectivity index (χ2n) is 4.60. The van der Waals surface area contributed by atoms with Crippen molar-refractivity contribution >= 4 is 28.4 Å². The number of aliphatic imine (C=N–C) groups is 1. The average molecular weight is 268 g/mol. The van der Waals surface area contributed by atoms with Crippen LogP contribution in [0.4, 0.5) is 0 Å². The molecule has 0 spiro atoms. The monoisotopic (exact) mass is 267 g/mol. The summed E-state index contributed by atoms with van der Waals surface area (Å²) in [6.45, 7) is 0. The van der Waals surface area contributed by atoms with E-state index in [-0.39, 0.29) is 6.10 Å². The van der Waals surface area contributed by atoms with Crippen molar-refractivity contribution in [3.05, 3.63) is 34.9 Å². The highest BCUT2D eigenvalue weighted by Crippen LogP contribution is 2.40. The van der Waals surface area contributed by atoms with Gasteiger partial charge in [-0.25, -0.2) is 0 Å². The lowest BCUT2D eigenvalue weighted by atomic mass is 9.93. The van der Waals surface area contributed by atoms with E-state index in [2.05, 4.69) is 0 Å². The van der Waals surface area contributed by atoms with Crippen LogP contribution in [0, 0.1) is 0 Å². The summed E-state index contributed by atoms with van der Waals surface area (Å²) in [6, 6.07) is 8.21. The fourth-order valence-electron chi connectivity index (χ4n) is 2.46. The third-order valence-electron chi connectivity index (χ3n) is 3.38. The van der Waals surface area contributed by atoms with E-state index in [0.29, 0.717) is 11.3 Å². The first-order chi connectivity index (χ1) is 8.24. The molecule has 1 aromatic rings. The Hall–Kier alpha value is -0.510. The van der Waals surface area contributed by atoms with Crippen LogP contribution < -0.4 is 0 Å². The van der Waals surface area contributed by atoms with E-state index in [0.717, 1.165) is 34.9 Å². The van der Waals surface area contributed by atoms with E-state index in [4.69, 9.17) is 16.6 Å². The Labute approximate surface area is 110 Å². The number of aliphatic hydroxyl groups excluding tert-OH is 1. The van der Waals surface area contributed by atoms with Gasteiger partial charge in [0.25, 0.3) is 0 Å². The van der Waals surface area contributed by atoms with Crippen LogP contribution in [0.2, 0.25) is 5.02 Å². The van der Waals surface area contributed by atoms with Crippen molar-refractivity contribution in [2.45, 2.75) is 36.7 Å². The van der Waals surface area contributed by atoms with Gasteiger partial charge >= 0.3 is 0 Å². The molecule has 1 aromatic carbocycles. The van der Waals surface area contributed by atoms with Gasteiger partial charge in [0.15, 0.2) is 0 Å². The van der Waals surface area contributed by atoms with Crippen molar-refractivity contribution in [1.29, 1.82) is 0 Å². The molecule has 17 heavy (non-hydrogen) atoms. The third-order valence-corrected chi connectivity index (χ3v) is 5.07. The molecular weight excluding hydrogens is 254 g/mol. The van der Waals surface area contributed by atoms with Crippen LogP contribution in [0.1, 0.15) is 24.8 Å². The number of aliphatic hydroxyl groups is 1. The van der Waals surface area contributed by atoms with E-state index in [1.54, 1.807) is 11.8 Å². The minimum Gasteiger partial charge on any atom is -0.393 e. The van der Waals surface area contributed by atoms with E-state index >= 15 is 0 Å². The van der Waals surface area contributed by atoms with Crippen molar-refractivity contribution in [1.82, 2.24) is 0 Å². The van der Waals surface area contributed by atoms with Crippen LogP contribution in [0.25, 0.3) is 0 Å². The minimum atomic E-state index is -0.149. The number of thioether (sulfide) groups is 1. The first-order valence-corrected chi connectivity index (χ1v) is 7.17. The second kappa shape index (κ2) is 4.63. The number of nitrogens with zero attached hydrogens (tertiary/aromatic N) is 1. The summed E-state index contributed by atoms with van der Waals surface area (Å²) < 4.78 is 0. The molecule has 1 heterocycles. The normalized spacial score (nSPS) is 32.1. The summed E-state index contributed by atoms with van der Waals surface area (Å²) in [5, 5.41) is 11.9. The van der Waals surface area contributed by atoms with Gasteiger partial charge in [0.1, 0.15) is 0 Å². The zero-order valence-corrected chi connectivity index (χ0v) is 10.9. The molecule has 0 saturated heterocycles. The zero-order valence-electron chi connectivity index (χ0n) is 9.34. The molecule has 0 aromatic heterocycles. The van der Waals surface area contributed by atoms with E-state index in [1.165, 1.54) is 0 Å². The SMILES string of the molecule is OC1CCC2N=C(c3ccccc3Cl)SC2C1. The molecular formula is C13H14ClNOS. The molecule has 1 aliphatic heterocycles. The highest BCUT2D eigenvalue weighted by atomic mass is 35.5. The lowest BCUT2D eigenvalue weighted by Gasteiger charge is -2.26. The summed E-state index contributed by atoms with van der Waals surface area (Å²) >= 11 is 7.96. The molecule has 4 heteroatoms. The maximum Gasteiger partial charge on any atom is 0.0999 e. The number of benzene rings is 1. The van der Waals surface area contributed by atoms with Gasteiger partial charge in [-0.05, 0) is 25.3 Å². The van der Waals surface area contributed by atoms with Gasteiger partial charge in [0.05, 0.1) is 22.2 Å². The molecule has 0 bridgehead atoms. The van der Waals surface area contributed by atoms with Crippen molar-refractivity contribution in [2.24, 2.45) is 4.99 Å². The van der Waals surface area contributed by atoms with Gasteiger partial charge in [-0.2, -0.15) is 0 Å². The smallest absolute Gasteiger partial charge is 0.0999 e. The van der Waals surface area contributed by atoms with Gasteiger partial charge in [0, 0.05) is 10.8 Å². The molecule has 90 valence electrons. The highest BCUT2D eigenvalue weighted by Gasteiger charge is 2.36. The molecule has 3 rings (SSSR count). The topological polar surface area (TPSA) is 32.6 Å². The van der Waals surface area contributed by atoms with Gasteiger partial charge in [-0.1, -0.05) is 29.8 Å². The molecule has 0 radical (unpaired) electrons. The standard InChI is InChI=1S/C13H14ClNOS/c14-10-4-2-1-3-9(10)13-15-11-6-5-8(16)7-12(11)17-13/h1-4,8,11-12,16H,5-7H2. The van der Waals surface area contributed by atoms with Gasteiger partial charge in [-0.3, -0.25) is 4.99 Å². The van der Waals surface area contributed by atoms with Crippen LogP contribution >= 0.6 is 23.4 Å². The minimum absolute atomic E-state index is 0.149. The zero-order chi connectivity index (χ0) is 11.8. The fourth-order valence-corrected chi connectivity index (χ4v) is 4.20. The lowest BCUT2D eigenvalue weighted by molar-refractivity contribution is 0.127. The molecule has 0 amide bonds. The lowest BCUT2D eigenvalue weighted by Crippen LogP contribution is -2.30. The summed E-state index contributed by atoms with van der Waals surface area (Å²) in [5.41, 5.74) is 1.03. The van der Waals surface area contributed by atoms with Crippen LogP contribution in [0.3, 0.4) is 0 Å². The maximum absolute atomic E-state index is 9.68. The Morgan fingerprint density at radius 2 is 2.12 bits per heavy atom. The van der Waals surface area contributed by atoms with Gasteiger partial charge in [0.2, 0.25) is 0 Å². The third kappa shape index (κ3) is 2.24. The number of fused-ring (bicyclic) bond motifs is 1. The highest BCUT2D eigenvalue weighted by molar-refractivity contribution is 8.15. The molecule has 1 fully saturated rings. The number of hydrogen-bond acceptors (Lipinski definition) is 3.